The predicted octanol–water partition coefficient (Wildman–Crippen LogP) is 0.0791. The molecule has 0 saturated carbocycles. The van der Waals surface area contributed by atoms with E-state index in [-0.39, 0.29) is 0 Å². The highest BCUT2D eigenvalue weighted by atomic mass is 16.7. The number of rotatable bonds is 4. The summed E-state index contributed by atoms with van der Waals surface area (Å²) in [6.07, 6.45) is -3.61. The monoisotopic (exact) mass is 324 g/mol. The van der Waals surface area contributed by atoms with Crippen molar-refractivity contribution in [3.05, 3.63) is 35.9 Å². The van der Waals surface area contributed by atoms with Crippen LogP contribution in [-0.4, -0.2) is 59.1 Å². The van der Waals surface area contributed by atoms with Gasteiger partial charge in [0, 0.05) is 6.08 Å². The molecule has 1 aromatic carbocycles. The van der Waals surface area contributed by atoms with Gasteiger partial charge in [0.2, 0.25) is 0 Å². The fraction of sp³-hybridized carbons (Fsp3) is 0.438. The third-order valence-corrected chi connectivity index (χ3v) is 3.58. The lowest BCUT2D eigenvalue weighted by atomic mass is 10.00. The molecule has 0 spiro atoms. The molecule has 0 amide bonds. The zero-order valence-electron chi connectivity index (χ0n) is 12.8. The van der Waals surface area contributed by atoms with Gasteiger partial charge in [-0.3, -0.25) is 0 Å². The molecule has 1 heterocycles. The van der Waals surface area contributed by atoms with Gasteiger partial charge < -0.3 is 29.5 Å². The smallest absolute Gasteiger partial charge is 0.331 e. The molecule has 0 aliphatic carbocycles. The molecule has 0 unspecified atom stereocenters. The first kappa shape index (κ1) is 17.4. The number of esters is 1. The average Bonchev–Trinajstić information content (AvgIpc) is 2.55. The van der Waals surface area contributed by atoms with Crippen molar-refractivity contribution in [3.8, 4) is 5.75 Å². The topological polar surface area (TPSA) is 105 Å². The second kappa shape index (κ2) is 7.56. The van der Waals surface area contributed by atoms with Crippen LogP contribution < -0.4 is 4.74 Å². The van der Waals surface area contributed by atoms with Crippen molar-refractivity contribution in [2.24, 2.45) is 0 Å². The van der Waals surface area contributed by atoms with Gasteiger partial charge in [0.05, 0.1) is 13.2 Å². The van der Waals surface area contributed by atoms with Gasteiger partial charge in [-0.2, -0.15) is 0 Å². The van der Waals surface area contributed by atoms with Gasteiger partial charge in [-0.25, -0.2) is 4.79 Å². The summed E-state index contributed by atoms with van der Waals surface area (Å²) < 4.78 is 15.0. The number of hydrogen-bond donors (Lipinski definition) is 3. The van der Waals surface area contributed by atoms with Crippen LogP contribution in [0.2, 0.25) is 0 Å². The molecule has 23 heavy (non-hydrogen) atoms. The van der Waals surface area contributed by atoms with E-state index in [1.165, 1.54) is 13.0 Å². The summed E-state index contributed by atoms with van der Waals surface area (Å²) in [4.78, 5) is 11.8. The van der Waals surface area contributed by atoms with Gasteiger partial charge >= 0.3 is 5.97 Å². The van der Waals surface area contributed by atoms with Gasteiger partial charge in [0.1, 0.15) is 18.0 Å². The van der Waals surface area contributed by atoms with E-state index in [0.29, 0.717) is 5.75 Å². The number of ether oxygens (including phenoxy) is 3. The fourth-order valence-corrected chi connectivity index (χ4v) is 2.20. The minimum absolute atomic E-state index is 0.693. The first-order valence-corrected chi connectivity index (χ1v) is 7.15. The van der Waals surface area contributed by atoms with Crippen LogP contribution in [-0.2, 0) is 14.3 Å². The summed E-state index contributed by atoms with van der Waals surface area (Å²) in [7, 11) is 1.56. The fourth-order valence-electron chi connectivity index (χ4n) is 2.20. The Labute approximate surface area is 133 Å². The van der Waals surface area contributed by atoms with Gasteiger partial charge in [-0.1, -0.05) is 12.1 Å². The summed E-state index contributed by atoms with van der Waals surface area (Å²) >= 11 is 0. The van der Waals surface area contributed by atoms with Crippen LogP contribution in [0.1, 0.15) is 12.5 Å². The second-order valence-electron chi connectivity index (χ2n) is 5.22. The van der Waals surface area contributed by atoms with Crippen molar-refractivity contribution in [2.75, 3.05) is 7.11 Å². The molecule has 1 aromatic rings. The van der Waals surface area contributed by atoms with Crippen molar-refractivity contribution >= 4 is 12.0 Å². The molecule has 1 aliphatic heterocycles. The van der Waals surface area contributed by atoms with Crippen molar-refractivity contribution in [3.63, 3.8) is 0 Å². The van der Waals surface area contributed by atoms with Gasteiger partial charge in [0.15, 0.2) is 12.4 Å². The first-order valence-electron chi connectivity index (χ1n) is 7.15. The maximum absolute atomic E-state index is 11.8. The number of carbonyl (C=O) groups excluding carboxylic acids is 1. The molecule has 1 fully saturated rings. The first-order chi connectivity index (χ1) is 10.9. The van der Waals surface area contributed by atoms with Gasteiger partial charge in [-0.05, 0) is 30.7 Å². The van der Waals surface area contributed by atoms with Crippen molar-refractivity contribution in [1.29, 1.82) is 0 Å². The minimum atomic E-state index is -1.50. The van der Waals surface area contributed by atoms with Crippen LogP contribution in [0.15, 0.2) is 30.3 Å². The van der Waals surface area contributed by atoms with Crippen LogP contribution in [0.25, 0.3) is 6.08 Å². The molecule has 7 heteroatoms. The summed E-state index contributed by atoms with van der Waals surface area (Å²) in [5, 5.41) is 29.3. The van der Waals surface area contributed by atoms with Crippen LogP contribution in [0.5, 0.6) is 5.75 Å². The van der Waals surface area contributed by atoms with Crippen LogP contribution in [0, 0.1) is 0 Å². The standard InChI is InChI=1S/C16H20O7/c1-9-13(18)14(19)15(16(20)22-9)23-12(17)8-5-10-3-6-11(21-2)7-4-10/h3-9,13-16,18-20H,1-2H3/t9-,13-,14+,15+,16-/m0/s1. The third kappa shape index (κ3) is 4.29. The number of aliphatic hydroxyl groups is 3. The Bertz CT molecular complexity index is 554. The van der Waals surface area contributed by atoms with E-state index in [9.17, 15) is 20.1 Å². The van der Waals surface area contributed by atoms with Crippen molar-refractivity contribution in [2.45, 2.75) is 37.6 Å². The number of aliphatic hydroxyl groups excluding tert-OH is 3. The lowest BCUT2D eigenvalue weighted by Gasteiger charge is -2.38. The van der Waals surface area contributed by atoms with Gasteiger partial charge in [0.25, 0.3) is 0 Å². The highest BCUT2D eigenvalue weighted by Gasteiger charge is 2.44. The van der Waals surface area contributed by atoms with Crippen molar-refractivity contribution in [1.82, 2.24) is 0 Å². The third-order valence-electron chi connectivity index (χ3n) is 3.58. The highest BCUT2D eigenvalue weighted by Crippen LogP contribution is 2.22. The summed E-state index contributed by atoms with van der Waals surface area (Å²) in [5.41, 5.74) is 0.748. The lowest BCUT2D eigenvalue weighted by Crippen LogP contribution is -2.57. The molecule has 0 radical (unpaired) electrons. The number of hydrogen-bond acceptors (Lipinski definition) is 7. The average molecular weight is 324 g/mol. The highest BCUT2D eigenvalue weighted by molar-refractivity contribution is 5.87. The second-order valence-corrected chi connectivity index (χ2v) is 5.22. The normalized spacial score (nSPS) is 31.1. The summed E-state index contributed by atoms with van der Waals surface area (Å²) in [5.74, 6) is -0.0762. The minimum Gasteiger partial charge on any atom is -0.497 e. The Morgan fingerprint density at radius 3 is 2.43 bits per heavy atom. The predicted molar refractivity (Wildman–Crippen MR) is 80.5 cm³/mol. The lowest BCUT2D eigenvalue weighted by molar-refractivity contribution is -0.281. The molecule has 2 rings (SSSR count). The maximum atomic E-state index is 11.8. The molecule has 0 aromatic heterocycles. The number of benzene rings is 1. The summed E-state index contributed by atoms with van der Waals surface area (Å²) in [6, 6.07) is 6.99. The molecular weight excluding hydrogens is 304 g/mol. The Kier molecular flexibility index (Phi) is 5.73. The van der Waals surface area contributed by atoms with E-state index in [0.717, 1.165) is 11.6 Å². The number of methoxy groups -OCH3 is 1. The van der Waals surface area contributed by atoms with E-state index >= 15 is 0 Å². The Balaban J connectivity index is 1.96. The van der Waals surface area contributed by atoms with Crippen molar-refractivity contribution < 1.29 is 34.3 Å². The Morgan fingerprint density at radius 1 is 1.17 bits per heavy atom. The van der Waals surface area contributed by atoms with E-state index in [1.807, 2.05) is 0 Å². The molecule has 5 atom stereocenters. The van der Waals surface area contributed by atoms with E-state index in [4.69, 9.17) is 14.2 Å². The zero-order valence-corrected chi connectivity index (χ0v) is 12.8. The van der Waals surface area contributed by atoms with Crippen LogP contribution >= 0.6 is 0 Å². The van der Waals surface area contributed by atoms with E-state index in [2.05, 4.69) is 0 Å². The SMILES string of the molecule is COc1ccc(C=CC(=O)O[C@@H]2[C@H](O)[C@@H](O)[C@H](C)O[C@@H]2O)cc1. The molecule has 0 bridgehead atoms. The van der Waals surface area contributed by atoms with Gasteiger partial charge in [-0.15, -0.1) is 0 Å². The van der Waals surface area contributed by atoms with Crippen LogP contribution in [0.4, 0.5) is 0 Å². The maximum Gasteiger partial charge on any atom is 0.331 e. The van der Waals surface area contributed by atoms with E-state index < -0.39 is 36.7 Å². The van der Waals surface area contributed by atoms with Crippen LogP contribution in [0.3, 0.4) is 0 Å². The molecular formula is C16H20O7. The number of carbonyl (C=O) groups is 1. The molecule has 3 N–H and O–H groups in total. The molecule has 1 aliphatic rings. The molecule has 126 valence electrons. The van der Waals surface area contributed by atoms with E-state index in [1.54, 1.807) is 31.4 Å². The Morgan fingerprint density at radius 2 is 1.83 bits per heavy atom. The molecule has 7 nitrogen and oxygen atoms in total. The largest absolute Gasteiger partial charge is 0.497 e. The Hall–Kier alpha value is -1.93. The molecule has 1 saturated heterocycles. The summed E-state index contributed by atoms with van der Waals surface area (Å²) in [6.45, 7) is 1.50. The zero-order chi connectivity index (χ0) is 17.0. The quantitative estimate of drug-likeness (QED) is 0.532.